The topological polar surface area (TPSA) is 15.6 Å². The van der Waals surface area contributed by atoms with Crippen LogP contribution >= 0.6 is 23.2 Å². The molecule has 0 aliphatic rings. The Balaban J connectivity index is 2.23. The lowest BCUT2D eigenvalue weighted by Crippen LogP contribution is -2.21. The summed E-state index contributed by atoms with van der Waals surface area (Å²) >= 11 is 12.4. The zero-order chi connectivity index (χ0) is 16.1. The number of benzene rings is 2. The standard InChI is InChI=1S/C18H20Cl2N2/c1-4-22(5-2)15-9-7-14(8-10-15)12-21-18-16(19)11-6-13(3)17(18)20/h6-12H,4-5H2,1-3H3. The summed E-state index contributed by atoms with van der Waals surface area (Å²) in [5.41, 5.74) is 3.82. The molecular weight excluding hydrogens is 315 g/mol. The van der Waals surface area contributed by atoms with Gasteiger partial charge in [-0.2, -0.15) is 0 Å². The Bertz CT molecular complexity index is 660. The highest BCUT2D eigenvalue weighted by Gasteiger charge is 2.06. The van der Waals surface area contributed by atoms with Gasteiger partial charge in [0.15, 0.2) is 0 Å². The van der Waals surface area contributed by atoms with Crippen LogP contribution in [0, 0.1) is 6.92 Å². The van der Waals surface area contributed by atoms with E-state index in [4.69, 9.17) is 23.2 Å². The highest BCUT2D eigenvalue weighted by Crippen LogP contribution is 2.35. The van der Waals surface area contributed by atoms with Gasteiger partial charge in [-0.3, -0.25) is 4.99 Å². The molecule has 4 heteroatoms. The van der Waals surface area contributed by atoms with E-state index in [0.29, 0.717) is 15.7 Å². The van der Waals surface area contributed by atoms with Crippen LogP contribution in [0.25, 0.3) is 0 Å². The molecule has 0 N–H and O–H groups in total. The predicted octanol–water partition coefficient (Wildman–Crippen LogP) is 5.90. The molecule has 0 atom stereocenters. The average Bonchev–Trinajstić information content (AvgIpc) is 2.53. The second-order valence-corrected chi connectivity index (χ2v) is 5.83. The molecule has 0 spiro atoms. The maximum absolute atomic E-state index is 6.26. The molecule has 0 saturated heterocycles. The molecular formula is C18H20Cl2N2. The van der Waals surface area contributed by atoms with Crippen LogP contribution in [0.15, 0.2) is 41.4 Å². The minimum Gasteiger partial charge on any atom is -0.372 e. The molecule has 2 aromatic rings. The summed E-state index contributed by atoms with van der Waals surface area (Å²) in [4.78, 5) is 6.75. The number of aryl methyl sites for hydroxylation is 1. The number of anilines is 1. The lowest BCUT2D eigenvalue weighted by Gasteiger charge is -2.20. The van der Waals surface area contributed by atoms with Gasteiger partial charge in [0.1, 0.15) is 5.69 Å². The molecule has 0 heterocycles. The van der Waals surface area contributed by atoms with Gasteiger partial charge in [0.05, 0.1) is 10.0 Å². The second kappa shape index (κ2) is 7.66. The van der Waals surface area contributed by atoms with E-state index in [9.17, 15) is 0 Å². The first kappa shape index (κ1) is 16.9. The van der Waals surface area contributed by atoms with Crippen LogP contribution in [0.1, 0.15) is 25.0 Å². The summed E-state index contributed by atoms with van der Waals surface area (Å²) in [6, 6.07) is 12.0. The van der Waals surface area contributed by atoms with E-state index < -0.39 is 0 Å². The number of hydrogen-bond donors (Lipinski definition) is 0. The molecule has 0 amide bonds. The molecule has 116 valence electrons. The maximum Gasteiger partial charge on any atom is 0.100 e. The van der Waals surface area contributed by atoms with E-state index in [1.54, 1.807) is 6.21 Å². The normalized spacial score (nSPS) is 11.1. The zero-order valence-corrected chi connectivity index (χ0v) is 14.6. The third kappa shape index (κ3) is 3.82. The molecule has 0 saturated carbocycles. The Morgan fingerprint density at radius 2 is 1.64 bits per heavy atom. The van der Waals surface area contributed by atoms with Crippen molar-refractivity contribution in [3.05, 3.63) is 57.6 Å². The molecule has 2 rings (SSSR count). The Kier molecular flexibility index (Phi) is 5.87. The van der Waals surface area contributed by atoms with Gasteiger partial charge in [-0.15, -0.1) is 0 Å². The van der Waals surface area contributed by atoms with Crippen molar-refractivity contribution >= 4 is 40.8 Å². The van der Waals surface area contributed by atoms with Crippen LogP contribution in [-0.2, 0) is 0 Å². The minimum atomic E-state index is 0.562. The Hall–Kier alpha value is -1.51. The van der Waals surface area contributed by atoms with Crippen molar-refractivity contribution in [2.24, 2.45) is 4.99 Å². The quantitative estimate of drug-likeness (QED) is 0.621. The van der Waals surface area contributed by atoms with Crippen LogP contribution in [-0.4, -0.2) is 19.3 Å². The number of halogens is 2. The van der Waals surface area contributed by atoms with E-state index in [-0.39, 0.29) is 0 Å². The Labute approximate surface area is 142 Å². The molecule has 0 bridgehead atoms. The SMILES string of the molecule is CCN(CC)c1ccc(C=Nc2c(Cl)ccc(C)c2Cl)cc1. The van der Waals surface area contributed by atoms with Gasteiger partial charge in [-0.05, 0) is 50.1 Å². The summed E-state index contributed by atoms with van der Waals surface area (Å²) in [7, 11) is 0. The van der Waals surface area contributed by atoms with Crippen LogP contribution < -0.4 is 4.90 Å². The van der Waals surface area contributed by atoms with E-state index in [1.807, 2.05) is 19.1 Å². The molecule has 0 unspecified atom stereocenters. The third-order valence-corrected chi connectivity index (χ3v) is 4.41. The first-order valence-electron chi connectivity index (χ1n) is 7.40. The van der Waals surface area contributed by atoms with Gasteiger partial charge in [-0.25, -0.2) is 0 Å². The fourth-order valence-electron chi connectivity index (χ4n) is 2.26. The lowest BCUT2D eigenvalue weighted by molar-refractivity contribution is 0.866. The van der Waals surface area contributed by atoms with Gasteiger partial charge in [0.2, 0.25) is 0 Å². The number of nitrogens with zero attached hydrogens (tertiary/aromatic N) is 2. The van der Waals surface area contributed by atoms with Crippen LogP contribution in [0.5, 0.6) is 0 Å². The Morgan fingerprint density at radius 1 is 1.00 bits per heavy atom. The van der Waals surface area contributed by atoms with Crippen LogP contribution in [0.3, 0.4) is 0 Å². The first-order chi connectivity index (χ1) is 10.6. The van der Waals surface area contributed by atoms with Crippen LogP contribution in [0.2, 0.25) is 10.0 Å². The Morgan fingerprint density at radius 3 is 2.23 bits per heavy atom. The molecule has 0 radical (unpaired) electrons. The largest absolute Gasteiger partial charge is 0.372 e. The molecule has 22 heavy (non-hydrogen) atoms. The van der Waals surface area contributed by atoms with E-state index in [2.05, 4.69) is 48.0 Å². The minimum absolute atomic E-state index is 0.562. The van der Waals surface area contributed by atoms with Crippen molar-refractivity contribution < 1.29 is 0 Å². The summed E-state index contributed by atoms with van der Waals surface area (Å²) in [6.07, 6.45) is 1.79. The summed E-state index contributed by atoms with van der Waals surface area (Å²) in [5, 5.41) is 1.16. The van der Waals surface area contributed by atoms with E-state index in [1.165, 1.54) is 5.69 Å². The van der Waals surface area contributed by atoms with Crippen molar-refractivity contribution in [1.29, 1.82) is 0 Å². The second-order valence-electron chi connectivity index (χ2n) is 5.05. The zero-order valence-electron chi connectivity index (χ0n) is 13.1. The van der Waals surface area contributed by atoms with Gasteiger partial charge in [0, 0.05) is 25.0 Å². The molecule has 2 nitrogen and oxygen atoms in total. The van der Waals surface area contributed by atoms with E-state index in [0.717, 1.165) is 24.2 Å². The number of aliphatic imine (C=N–C) groups is 1. The third-order valence-electron chi connectivity index (χ3n) is 3.62. The average molecular weight is 335 g/mol. The maximum atomic E-state index is 6.26. The van der Waals surface area contributed by atoms with Crippen molar-refractivity contribution in [3.8, 4) is 0 Å². The monoisotopic (exact) mass is 334 g/mol. The van der Waals surface area contributed by atoms with Crippen molar-refractivity contribution in [1.82, 2.24) is 0 Å². The molecule has 0 aliphatic carbocycles. The fourth-order valence-corrected chi connectivity index (χ4v) is 2.73. The summed E-state index contributed by atoms with van der Waals surface area (Å²) in [5.74, 6) is 0. The number of hydrogen-bond acceptors (Lipinski definition) is 2. The molecule has 0 fully saturated rings. The highest BCUT2D eigenvalue weighted by molar-refractivity contribution is 6.39. The van der Waals surface area contributed by atoms with Crippen LogP contribution in [0.4, 0.5) is 11.4 Å². The summed E-state index contributed by atoms with van der Waals surface area (Å²) < 4.78 is 0. The first-order valence-corrected chi connectivity index (χ1v) is 8.16. The van der Waals surface area contributed by atoms with Crippen molar-refractivity contribution in [2.45, 2.75) is 20.8 Å². The highest BCUT2D eigenvalue weighted by atomic mass is 35.5. The van der Waals surface area contributed by atoms with Crippen molar-refractivity contribution in [2.75, 3.05) is 18.0 Å². The lowest BCUT2D eigenvalue weighted by atomic mass is 10.2. The summed E-state index contributed by atoms with van der Waals surface area (Å²) in [6.45, 7) is 8.24. The van der Waals surface area contributed by atoms with Gasteiger partial charge in [-0.1, -0.05) is 41.4 Å². The van der Waals surface area contributed by atoms with Gasteiger partial charge < -0.3 is 4.90 Å². The van der Waals surface area contributed by atoms with Gasteiger partial charge in [0.25, 0.3) is 0 Å². The predicted molar refractivity (Wildman–Crippen MR) is 98.5 cm³/mol. The van der Waals surface area contributed by atoms with E-state index >= 15 is 0 Å². The molecule has 0 aromatic heterocycles. The fraction of sp³-hybridized carbons (Fsp3) is 0.278. The molecule has 0 aliphatic heterocycles. The number of rotatable bonds is 5. The smallest absolute Gasteiger partial charge is 0.100 e. The van der Waals surface area contributed by atoms with Crippen molar-refractivity contribution in [3.63, 3.8) is 0 Å². The van der Waals surface area contributed by atoms with Gasteiger partial charge >= 0.3 is 0 Å². The molecule has 2 aromatic carbocycles.